The number of rotatable bonds is 4. The molecule has 3 unspecified atom stereocenters. The van der Waals surface area contributed by atoms with Crippen LogP contribution in [-0.2, 0) is 4.79 Å². The molecule has 0 spiro atoms. The molecule has 20 heavy (non-hydrogen) atoms. The molecule has 2 N–H and O–H groups in total. The van der Waals surface area contributed by atoms with Crippen molar-refractivity contribution >= 4 is 12.0 Å². The van der Waals surface area contributed by atoms with Crippen LogP contribution >= 0.6 is 0 Å². The van der Waals surface area contributed by atoms with Crippen molar-refractivity contribution in [1.29, 1.82) is 0 Å². The summed E-state index contributed by atoms with van der Waals surface area (Å²) in [6.45, 7) is 1.40. The van der Waals surface area contributed by atoms with Gasteiger partial charge in [0, 0.05) is 6.04 Å². The van der Waals surface area contributed by atoms with Gasteiger partial charge < -0.3 is 15.3 Å². The highest BCUT2D eigenvalue weighted by molar-refractivity contribution is 5.80. The molecule has 1 aliphatic carbocycles. The summed E-state index contributed by atoms with van der Waals surface area (Å²) in [4.78, 5) is 22.7. The van der Waals surface area contributed by atoms with Crippen molar-refractivity contribution in [2.75, 3.05) is 13.1 Å². The largest absolute Gasteiger partial charge is 0.480 e. The van der Waals surface area contributed by atoms with Crippen LogP contribution in [0.5, 0.6) is 0 Å². The van der Waals surface area contributed by atoms with Crippen molar-refractivity contribution in [3.63, 3.8) is 0 Å². The van der Waals surface area contributed by atoms with Crippen molar-refractivity contribution in [3.05, 3.63) is 0 Å². The van der Waals surface area contributed by atoms with E-state index < -0.39 is 31.3 Å². The second-order valence-electron chi connectivity index (χ2n) is 5.33. The zero-order chi connectivity index (χ0) is 15.5. The molecule has 1 aliphatic rings. The van der Waals surface area contributed by atoms with E-state index in [0.29, 0.717) is 12.3 Å². The molecule has 116 valence electrons. The second-order valence-corrected chi connectivity index (χ2v) is 5.33. The van der Waals surface area contributed by atoms with Crippen LogP contribution in [0.15, 0.2) is 0 Å². The van der Waals surface area contributed by atoms with Gasteiger partial charge in [0.05, 0.1) is 0 Å². The highest BCUT2D eigenvalue weighted by Crippen LogP contribution is 2.31. The number of urea groups is 1. The molecular formula is C12H19F3N2O3. The molecule has 3 atom stereocenters. The average Bonchev–Trinajstić information content (AvgIpc) is 2.57. The normalized spacial score (nSPS) is 26.4. The first-order chi connectivity index (χ1) is 9.10. The van der Waals surface area contributed by atoms with E-state index in [9.17, 15) is 22.8 Å². The van der Waals surface area contributed by atoms with Crippen molar-refractivity contribution in [2.45, 2.75) is 38.9 Å². The Morgan fingerprint density at radius 1 is 1.30 bits per heavy atom. The van der Waals surface area contributed by atoms with E-state index in [1.54, 1.807) is 0 Å². The van der Waals surface area contributed by atoms with Gasteiger partial charge in [-0.25, -0.2) is 4.79 Å². The third-order valence-electron chi connectivity index (χ3n) is 3.76. The number of nitrogens with zero attached hydrogens (tertiary/aromatic N) is 1. The molecule has 0 aromatic heterocycles. The number of carboxylic acid groups (broad SMARTS) is 1. The Bertz CT molecular complexity index is 373. The van der Waals surface area contributed by atoms with Gasteiger partial charge in [0.15, 0.2) is 0 Å². The van der Waals surface area contributed by atoms with Crippen LogP contribution in [0.4, 0.5) is 18.0 Å². The number of nitrogens with one attached hydrogen (secondary N) is 1. The molecule has 0 bridgehead atoms. The van der Waals surface area contributed by atoms with Crippen LogP contribution in [0.3, 0.4) is 0 Å². The lowest BCUT2D eigenvalue weighted by molar-refractivity contribution is -0.149. The van der Waals surface area contributed by atoms with E-state index in [4.69, 9.17) is 5.11 Å². The first-order valence-electron chi connectivity index (χ1n) is 6.44. The number of aliphatic carboxylic acids is 1. The monoisotopic (exact) mass is 296 g/mol. The van der Waals surface area contributed by atoms with E-state index in [0.717, 1.165) is 6.42 Å². The summed E-state index contributed by atoms with van der Waals surface area (Å²) >= 11 is 0. The molecule has 1 saturated carbocycles. The zero-order valence-corrected chi connectivity index (χ0v) is 11.4. The third kappa shape index (κ3) is 4.90. The predicted molar refractivity (Wildman–Crippen MR) is 65.1 cm³/mol. The number of hydrogen-bond donors (Lipinski definition) is 2. The predicted octanol–water partition coefficient (Wildman–Crippen LogP) is 2.08. The summed E-state index contributed by atoms with van der Waals surface area (Å²) in [7, 11) is 0. The highest BCUT2D eigenvalue weighted by Gasteiger charge is 2.36. The Labute approximate surface area is 115 Å². The van der Waals surface area contributed by atoms with Crippen LogP contribution in [0.2, 0.25) is 0 Å². The first-order valence-corrected chi connectivity index (χ1v) is 6.44. The molecular weight excluding hydrogens is 277 g/mol. The zero-order valence-electron chi connectivity index (χ0n) is 11.4. The van der Waals surface area contributed by atoms with Gasteiger partial charge in [0.1, 0.15) is 13.1 Å². The maximum absolute atomic E-state index is 12.4. The summed E-state index contributed by atoms with van der Waals surface area (Å²) in [6, 6.07) is -1.18. The Morgan fingerprint density at radius 2 is 1.90 bits per heavy atom. The molecule has 5 nitrogen and oxygen atoms in total. The van der Waals surface area contributed by atoms with Gasteiger partial charge in [-0.15, -0.1) is 0 Å². The lowest BCUT2D eigenvalue weighted by atomic mass is 9.98. The fourth-order valence-electron chi connectivity index (χ4n) is 2.40. The Hall–Kier alpha value is -1.47. The number of carboxylic acids is 1. The quantitative estimate of drug-likeness (QED) is 0.834. The van der Waals surface area contributed by atoms with E-state index in [-0.39, 0.29) is 16.9 Å². The lowest BCUT2D eigenvalue weighted by Gasteiger charge is -2.26. The minimum absolute atomic E-state index is 0.163. The van der Waals surface area contributed by atoms with Gasteiger partial charge in [-0.2, -0.15) is 13.2 Å². The van der Waals surface area contributed by atoms with E-state index in [1.807, 2.05) is 13.8 Å². The van der Waals surface area contributed by atoms with E-state index in [2.05, 4.69) is 5.32 Å². The van der Waals surface area contributed by atoms with Gasteiger partial charge in [-0.1, -0.05) is 13.8 Å². The summed E-state index contributed by atoms with van der Waals surface area (Å²) in [6.07, 6.45) is -3.04. The van der Waals surface area contributed by atoms with Crippen LogP contribution in [0.1, 0.15) is 26.7 Å². The minimum atomic E-state index is -4.62. The van der Waals surface area contributed by atoms with Crippen LogP contribution in [-0.4, -0.2) is 47.3 Å². The smallest absolute Gasteiger partial charge is 0.406 e. The molecule has 0 radical (unpaired) electrons. The van der Waals surface area contributed by atoms with E-state index >= 15 is 0 Å². The van der Waals surface area contributed by atoms with Crippen LogP contribution < -0.4 is 5.32 Å². The van der Waals surface area contributed by atoms with Crippen molar-refractivity contribution in [3.8, 4) is 0 Å². The minimum Gasteiger partial charge on any atom is -0.480 e. The number of alkyl halides is 3. The summed E-state index contributed by atoms with van der Waals surface area (Å²) < 4.78 is 37.1. The fraction of sp³-hybridized carbons (Fsp3) is 0.833. The van der Waals surface area contributed by atoms with E-state index in [1.165, 1.54) is 0 Å². The van der Waals surface area contributed by atoms with Crippen LogP contribution in [0, 0.1) is 11.8 Å². The number of hydrogen-bond acceptors (Lipinski definition) is 2. The highest BCUT2D eigenvalue weighted by atomic mass is 19.4. The topological polar surface area (TPSA) is 69.6 Å². The standard InChI is InChI=1S/C12H19F3N2O3/c1-7-3-4-9(8(7)2)16-11(20)17(5-10(18)19)6-12(13,14)15/h7-9H,3-6H2,1-2H3,(H,16,20)(H,18,19). The number of halogens is 3. The number of carbonyl (C=O) groups is 2. The molecule has 1 fully saturated rings. The lowest BCUT2D eigenvalue weighted by Crippen LogP contribution is -2.50. The molecule has 0 aliphatic heterocycles. The SMILES string of the molecule is CC1CCC(NC(=O)N(CC(=O)O)CC(F)(F)F)C1C. The molecule has 0 heterocycles. The Balaban J connectivity index is 2.65. The number of carbonyl (C=O) groups excluding carboxylic acids is 1. The first kappa shape index (κ1) is 16.6. The maximum atomic E-state index is 12.4. The fourth-order valence-corrected chi connectivity index (χ4v) is 2.40. The summed E-state index contributed by atoms with van der Waals surface area (Å²) in [5, 5.41) is 11.1. The van der Waals surface area contributed by atoms with Gasteiger partial charge >= 0.3 is 18.2 Å². The van der Waals surface area contributed by atoms with Gasteiger partial charge in [-0.3, -0.25) is 4.79 Å². The molecule has 2 amide bonds. The van der Waals surface area contributed by atoms with Crippen molar-refractivity contribution in [2.24, 2.45) is 11.8 Å². The molecule has 1 rings (SSSR count). The molecule has 8 heteroatoms. The maximum Gasteiger partial charge on any atom is 0.406 e. The second kappa shape index (κ2) is 6.32. The summed E-state index contributed by atoms with van der Waals surface area (Å²) in [5.74, 6) is -0.926. The summed E-state index contributed by atoms with van der Waals surface area (Å²) in [5.41, 5.74) is 0. The van der Waals surface area contributed by atoms with Gasteiger partial charge in [-0.05, 0) is 24.7 Å². The van der Waals surface area contributed by atoms with Gasteiger partial charge in [0.2, 0.25) is 0 Å². The molecule has 0 aromatic carbocycles. The average molecular weight is 296 g/mol. The molecule has 0 saturated heterocycles. The van der Waals surface area contributed by atoms with Crippen molar-refractivity contribution < 1.29 is 27.9 Å². The third-order valence-corrected chi connectivity index (χ3v) is 3.76. The Kier molecular flexibility index (Phi) is 5.24. The van der Waals surface area contributed by atoms with Gasteiger partial charge in [0.25, 0.3) is 0 Å². The Morgan fingerprint density at radius 3 is 2.30 bits per heavy atom. The molecule has 0 aromatic rings. The van der Waals surface area contributed by atoms with Crippen LogP contribution in [0.25, 0.3) is 0 Å². The van der Waals surface area contributed by atoms with Crippen molar-refractivity contribution in [1.82, 2.24) is 10.2 Å². The number of amides is 2.